The van der Waals surface area contributed by atoms with Crippen LogP contribution >= 0.6 is 0 Å². The lowest BCUT2D eigenvalue weighted by Crippen LogP contribution is -2.59. The van der Waals surface area contributed by atoms with Crippen LogP contribution < -0.4 is 16.0 Å². The number of hydrogen-bond donors (Lipinski definition) is 3. The minimum absolute atomic E-state index is 0.139. The molecule has 0 aromatic heterocycles. The summed E-state index contributed by atoms with van der Waals surface area (Å²) in [4.78, 5) is 52.7. The number of rotatable bonds is 7. The molecular formula is C24H36N4O5. The molecule has 0 aliphatic carbocycles. The van der Waals surface area contributed by atoms with Crippen LogP contribution in [-0.4, -0.2) is 73.5 Å². The topological polar surface area (TPSA) is 117 Å². The van der Waals surface area contributed by atoms with E-state index in [0.29, 0.717) is 5.56 Å². The second kappa shape index (κ2) is 10.8. The van der Waals surface area contributed by atoms with Gasteiger partial charge in [0, 0.05) is 24.6 Å². The van der Waals surface area contributed by atoms with Crippen molar-refractivity contribution in [3.05, 3.63) is 35.4 Å². The number of nitrogens with zero attached hydrogens (tertiary/aromatic N) is 1. The van der Waals surface area contributed by atoms with Crippen molar-refractivity contribution in [3.8, 4) is 0 Å². The predicted octanol–water partition coefficient (Wildman–Crippen LogP) is 1.01. The molecule has 1 aliphatic rings. The summed E-state index contributed by atoms with van der Waals surface area (Å²) in [5, 5.41) is 8.59. The molecular weight excluding hydrogens is 424 g/mol. The Morgan fingerprint density at radius 3 is 2.24 bits per heavy atom. The zero-order valence-corrected chi connectivity index (χ0v) is 20.5. The highest BCUT2D eigenvalue weighted by Crippen LogP contribution is 2.27. The van der Waals surface area contributed by atoms with E-state index in [9.17, 15) is 19.2 Å². The molecule has 3 amide bonds. The van der Waals surface area contributed by atoms with Gasteiger partial charge < -0.3 is 25.6 Å². The van der Waals surface area contributed by atoms with Crippen molar-refractivity contribution in [2.45, 2.75) is 65.2 Å². The molecule has 1 aromatic carbocycles. The number of methoxy groups -OCH3 is 1. The standard InChI is InChI=1S/C24H36N4O5/c1-14-8-10-16(11-9-14)21(30)26-17-12-18(23(32)33-7)28(13-17)22(31)19(24(3,4)5)27-20(29)15(2)25-6/h8-11,15,17-19,25H,12-13H2,1-7H3,(H,26,30)(H,27,29)/t15-,17-,18-,19+/m0/s1. The lowest BCUT2D eigenvalue weighted by Gasteiger charge is -2.35. The molecule has 2 rings (SSSR count). The number of benzene rings is 1. The monoisotopic (exact) mass is 460 g/mol. The Labute approximate surface area is 195 Å². The van der Waals surface area contributed by atoms with Crippen molar-refractivity contribution in [3.63, 3.8) is 0 Å². The average molecular weight is 461 g/mol. The van der Waals surface area contributed by atoms with Gasteiger partial charge in [0.25, 0.3) is 5.91 Å². The number of esters is 1. The first-order chi connectivity index (χ1) is 15.4. The SMILES string of the molecule is CN[C@@H](C)C(=O)N[C@H](C(=O)N1C[C@@H](NC(=O)c2ccc(C)cc2)C[C@H]1C(=O)OC)C(C)(C)C. The van der Waals surface area contributed by atoms with Crippen LogP contribution in [0.1, 0.15) is 50.0 Å². The van der Waals surface area contributed by atoms with Crippen LogP contribution in [0, 0.1) is 12.3 Å². The molecule has 4 atom stereocenters. The van der Waals surface area contributed by atoms with Crippen molar-refractivity contribution in [1.82, 2.24) is 20.9 Å². The Kier molecular flexibility index (Phi) is 8.60. The lowest BCUT2D eigenvalue weighted by atomic mass is 9.85. The Morgan fingerprint density at radius 1 is 1.12 bits per heavy atom. The predicted molar refractivity (Wildman–Crippen MR) is 124 cm³/mol. The van der Waals surface area contributed by atoms with E-state index in [1.54, 1.807) is 26.1 Å². The van der Waals surface area contributed by atoms with Crippen LogP contribution in [0.15, 0.2) is 24.3 Å². The summed E-state index contributed by atoms with van der Waals surface area (Å²) in [6.07, 6.45) is 0.230. The smallest absolute Gasteiger partial charge is 0.328 e. The number of hydrogen-bond acceptors (Lipinski definition) is 6. The van der Waals surface area contributed by atoms with Crippen molar-refractivity contribution in [1.29, 1.82) is 0 Å². The van der Waals surface area contributed by atoms with E-state index < -0.39 is 35.6 Å². The van der Waals surface area contributed by atoms with Crippen molar-refractivity contribution in [2.24, 2.45) is 5.41 Å². The number of aryl methyl sites for hydroxylation is 1. The number of likely N-dealkylation sites (tertiary alicyclic amines) is 1. The normalized spacial score (nSPS) is 20.0. The van der Waals surface area contributed by atoms with Gasteiger partial charge in [-0.2, -0.15) is 0 Å². The molecule has 1 fully saturated rings. The first-order valence-electron chi connectivity index (χ1n) is 11.1. The summed E-state index contributed by atoms with van der Waals surface area (Å²) < 4.78 is 4.92. The van der Waals surface area contributed by atoms with Gasteiger partial charge in [0.2, 0.25) is 11.8 Å². The highest BCUT2D eigenvalue weighted by atomic mass is 16.5. The zero-order chi connectivity index (χ0) is 24.9. The molecule has 0 radical (unpaired) electrons. The second-order valence-electron chi connectivity index (χ2n) is 9.62. The molecule has 33 heavy (non-hydrogen) atoms. The number of amides is 3. The van der Waals surface area contributed by atoms with E-state index in [1.807, 2.05) is 39.8 Å². The minimum Gasteiger partial charge on any atom is -0.467 e. The van der Waals surface area contributed by atoms with E-state index in [0.717, 1.165) is 5.56 Å². The van der Waals surface area contributed by atoms with Gasteiger partial charge >= 0.3 is 5.97 Å². The number of likely N-dealkylation sites (N-methyl/N-ethyl adjacent to an activating group) is 1. The fourth-order valence-electron chi connectivity index (χ4n) is 3.73. The molecule has 0 spiro atoms. The summed E-state index contributed by atoms with van der Waals surface area (Å²) in [6.45, 7) is 9.31. The van der Waals surface area contributed by atoms with Crippen LogP contribution in [-0.2, 0) is 19.1 Å². The van der Waals surface area contributed by atoms with Crippen molar-refractivity contribution < 1.29 is 23.9 Å². The van der Waals surface area contributed by atoms with E-state index in [4.69, 9.17) is 4.74 Å². The highest BCUT2D eigenvalue weighted by molar-refractivity contribution is 5.95. The highest BCUT2D eigenvalue weighted by Gasteiger charge is 2.45. The van der Waals surface area contributed by atoms with Gasteiger partial charge in [0.1, 0.15) is 12.1 Å². The van der Waals surface area contributed by atoms with E-state index in [1.165, 1.54) is 12.0 Å². The number of carbonyl (C=O) groups excluding carboxylic acids is 4. The quantitative estimate of drug-likeness (QED) is 0.523. The van der Waals surface area contributed by atoms with Crippen molar-refractivity contribution >= 4 is 23.7 Å². The molecule has 1 aliphatic heterocycles. The van der Waals surface area contributed by atoms with Gasteiger partial charge in [-0.1, -0.05) is 38.5 Å². The number of ether oxygens (including phenoxy) is 1. The lowest BCUT2D eigenvalue weighted by molar-refractivity contribution is -0.153. The van der Waals surface area contributed by atoms with Gasteiger partial charge in [-0.25, -0.2) is 4.79 Å². The van der Waals surface area contributed by atoms with Gasteiger partial charge in [0.05, 0.1) is 13.2 Å². The zero-order valence-electron chi connectivity index (χ0n) is 20.5. The maximum atomic E-state index is 13.6. The van der Waals surface area contributed by atoms with Crippen LogP contribution in [0.25, 0.3) is 0 Å². The van der Waals surface area contributed by atoms with Crippen LogP contribution in [0.4, 0.5) is 0 Å². The number of carbonyl (C=O) groups is 4. The molecule has 0 saturated carbocycles. The van der Waals surface area contributed by atoms with Crippen LogP contribution in [0.5, 0.6) is 0 Å². The van der Waals surface area contributed by atoms with Crippen LogP contribution in [0.2, 0.25) is 0 Å². The molecule has 182 valence electrons. The first kappa shape index (κ1) is 26.3. The van der Waals surface area contributed by atoms with E-state index >= 15 is 0 Å². The van der Waals surface area contributed by atoms with E-state index in [2.05, 4.69) is 16.0 Å². The molecule has 0 bridgehead atoms. The largest absolute Gasteiger partial charge is 0.467 e. The average Bonchev–Trinajstić information content (AvgIpc) is 3.19. The molecule has 0 unspecified atom stereocenters. The fraction of sp³-hybridized carbons (Fsp3) is 0.583. The second-order valence-corrected chi connectivity index (χ2v) is 9.62. The summed E-state index contributed by atoms with van der Waals surface area (Å²) in [6, 6.07) is 4.52. The van der Waals surface area contributed by atoms with Gasteiger partial charge in [-0.3, -0.25) is 14.4 Å². The summed E-state index contributed by atoms with van der Waals surface area (Å²) >= 11 is 0. The Bertz CT molecular complexity index is 878. The molecule has 1 saturated heterocycles. The fourth-order valence-corrected chi connectivity index (χ4v) is 3.73. The summed E-state index contributed by atoms with van der Waals surface area (Å²) in [7, 11) is 2.92. The maximum Gasteiger partial charge on any atom is 0.328 e. The molecule has 9 nitrogen and oxygen atoms in total. The first-order valence-corrected chi connectivity index (χ1v) is 11.1. The van der Waals surface area contributed by atoms with Gasteiger partial charge in [-0.15, -0.1) is 0 Å². The van der Waals surface area contributed by atoms with E-state index in [-0.39, 0.29) is 30.7 Å². The summed E-state index contributed by atoms with van der Waals surface area (Å²) in [5.74, 6) is -1.54. The third kappa shape index (κ3) is 6.54. The Morgan fingerprint density at radius 2 is 1.73 bits per heavy atom. The third-order valence-electron chi connectivity index (χ3n) is 5.93. The molecule has 1 aromatic rings. The maximum absolute atomic E-state index is 13.6. The minimum atomic E-state index is -0.862. The summed E-state index contributed by atoms with van der Waals surface area (Å²) in [5.41, 5.74) is 0.933. The molecule has 1 heterocycles. The Balaban J connectivity index is 2.23. The van der Waals surface area contributed by atoms with Crippen molar-refractivity contribution in [2.75, 3.05) is 20.7 Å². The van der Waals surface area contributed by atoms with Gasteiger partial charge in [-0.05, 0) is 38.4 Å². The Hall–Kier alpha value is -2.94. The molecule has 9 heteroatoms. The number of nitrogens with one attached hydrogen (secondary N) is 3. The van der Waals surface area contributed by atoms with Gasteiger partial charge in [0.15, 0.2) is 0 Å². The third-order valence-corrected chi connectivity index (χ3v) is 5.93. The van der Waals surface area contributed by atoms with Crippen LogP contribution in [0.3, 0.4) is 0 Å². The molecule has 3 N–H and O–H groups in total.